The minimum Gasteiger partial charge on any atom is -0.487 e. The second kappa shape index (κ2) is 54.7. The molecule has 2 unspecified atom stereocenters. The lowest BCUT2D eigenvalue weighted by molar-refractivity contribution is -0.485. The van der Waals surface area contributed by atoms with Gasteiger partial charge in [0.25, 0.3) is 23.0 Å². The Labute approximate surface area is 773 Å². The van der Waals surface area contributed by atoms with Crippen molar-refractivity contribution in [2.24, 2.45) is 10.5 Å². The molecule has 5 N–H and O–H groups in total. The molecule has 718 valence electrons. The van der Waals surface area contributed by atoms with Gasteiger partial charge in [-0.15, -0.1) is 0 Å². The van der Waals surface area contributed by atoms with E-state index >= 15 is 0 Å². The highest BCUT2D eigenvalue weighted by Gasteiger charge is 2.40. The number of nitrogens with one attached hydrogen (secondary N) is 4. The SMILES string of the molecule is CC(C)(C)C(O)C(Oc1ccc(Cl)cc1)n1cncn1.CCC(CC)Nc1c([N+](=O)[O-])cc(C)c(C)c1[N+](=O)[O-].CCCN(CCC)c1c([N+](=O)[O-])cc(C(F)(F)F)cc1[N+](=O)[O-].CCOc1cc(Oc2ccc(C(F)(F)F)cc2Cl)ccc1[N+](=O)[O-].CNC(=O)CSP(=S)(OC)OC.CNC(=O)Oc1ccccc1OC(C)C.O=[N+]([O-])/N=C1\NCCN1Cc1ccc(Cl)nc1. The number of anilines is 2. The zero-order chi connectivity index (χ0) is 99.0. The maximum Gasteiger partial charge on any atom is 0.416 e. The largest absolute Gasteiger partial charge is 0.487 e. The van der Waals surface area contributed by atoms with E-state index in [2.05, 4.69) is 41.4 Å². The highest BCUT2D eigenvalue weighted by atomic mass is 35.5. The number of aromatic nitrogens is 4. The number of pyridine rings is 1. The molecule has 0 aliphatic carbocycles. The lowest BCUT2D eigenvalue weighted by Crippen LogP contribution is -2.38. The molecule has 2 aromatic heterocycles. The zero-order valence-electron chi connectivity index (χ0n) is 73.8. The monoisotopic (exact) mass is 1970 g/mol. The van der Waals surface area contributed by atoms with E-state index in [-0.39, 0.29) is 106 Å². The summed E-state index contributed by atoms with van der Waals surface area (Å²) < 4.78 is 115. The Bertz CT molecular complexity index is 5130. The number of hydrogen-bond donors (Lipinski definition) is 5. The number of nitro groups is 6. The average molecular weight is 1970 g/mol. The van der Waals surface area contributed by atoms with Crippen LogP contribution in [0, 0.1) is 79.9 Å². The first kappa shape index (κ1) is 113. The van der Waals surface area contributed by atoms with E-state index in [4.69, 9.17) is 79.3 Å². The van der Waals surface area contributed by atoms with Gasteiger partial charge in [0.05, 0.1) is 59.2 Å². The highest BCUT2D eigenvalue weighted by Crippen LogP contribution is 2.59. The first-order valence-electron chi connectivity index (χ1n) is 39.3. The van der Waals surface area contributed by atoms with Crippen molar-refractivity contribution in [2.45, 2.75) is 152 Å². The van der Waals surface area contributed by atoms with E-state index < -0.39 is 88.6 Å². The van der Waals surface area contributed by atoms with Crippen molar-refractivity contribution in [3.63, 3.8) is 0 Å². The molecule has 8 aromatic rings. The highest BCUT2D eigenvalue weighted by molar-refractivity contribution is 8.68. The Balaban J connectivity index is 0.000000398. The Hall–Kier alpha value is -11.9. The fourth-order valence-corrected chi connectivity index (χ4v) is 14.1. The topological polar surface area (TPSA) is 488 Å². The number of nitro benzene ring substituents is 5. The number of alkyl halides is 6. The number of para-hydroxylation sites is 2. The molecule has 1 aliphatic rings. The third kappa shape index (κ3) is 37.9. The molecule has 6 aromatic carbocycles. The van der Waals surface area contributed by atoms with Crippen LogP contribution in [0.5, 0.6) is 34.5 Å². The number of hydrazone groups is 1. The molecule has 1 aliphatic heterocycles. The van der Waals surface area contributed by atoms with Gasteiger partial charge in [-0.05, 0) is 155 Å². The molecule has 0 bridgehead atoms. The van der Waals surface area contributed by atoms with Crippen molar-refractivity contribution in [3.8, 4) is 34.5 Å². The minimum atomic E-state index is -4.91. The lowest BCUT2D eigenvalue weighted by Gasteiger charge is -2.32. The number of nitrogens with zero attached hydrogens (tertiary/aromatic N) is 13. The van der Waals surface area contributed by atoms with Gasteiger partial charge in [0, 0.05) is 114 Å². The standard InChI is InChI=1S/C15H11ClF3NO4.C14H18ClN3O2.C13H16F3N3O4.C13H19N3O4.C11H15NO3.C9H10ClN5O2.C5H12NO3PS2/c1-2-23-14-8-10(4-5-12(14)20(21)22)24-13-6-3-9(7-11(13)16)15(17,18)19;1-14(2,3)12(19)13(18-9-16-8-17-18)20-11-6-4-10(15)5-7-11;1-3-5-17(6-4-2)12-10(18(20)21)7-9(13(14,15)16)8-11(12)19(22)23;1-5-10(6-2)14-12-11(15(17)18)7-8(3)9(4)13(12)16(19)20;1-8(2)14-9-6-4-5-7-10(9)15-11(13)12-3;10-8-2-1-7(5-12-8)6-14-4-3-11-9(14)13-15(16)17;1-6-5(7)4-12-10(11,8-2)9-3/h3-8H,2H2,1H3;4-9,12-13,19H,1-3H3;7-8H,3-6H2,1-2H3;7,10,14H,5-6H2,1-4H3;4-8H,1-3H3,(H,12,13);1-2,5H,3-4,6H2,(H,11,13);4H2,1-3H3,(H,6,7). The van der Waals surface area contributed by atoms with Crippen LogP contribution in [0.2, 0.25) is 15.2 Å². The molecule has 1 fully saturated rings. The molecular formula is C80H101Cl3F6N17O22PS2. The Kier molecular flexibility index (Phi) is 47.3. The second-order valence-electron chi connectivity index (χ2n) is 28.3. The number of amides is 2. The van der Waals surface area contributed by atoms with E-state index in [0.29, 0.717) is 83.2 Å². The normalized spacial score (nSPS) is 12.3. The molecule has 0 saturated carbocycles. The van der Waals surface area contributed by atoms with Gasteiger partial charge in [0.2, 0.25) is 23.6 Å². The molecule has 2 amide bonds. The number of aliphatic hydroxyl groups excluding tert-OH is 1. The van der Waals surface area contributed by atoms with Crippen LogP contribution in [0.1, 0.15) is 129 Å². The first-order chi connectivity index (χ1) is 61.4. The van der Waals surface area contributed by atoms with E-state index in [0.717, 1.165) is 36.6 Å². The number of halogens is 9. The van der Waals surface area contributed by atoms with Crippen LogP contribution in [-0.2, 0) is 44.5 Å². The first-order valence-corrected chi connectivity index (χ1v) is 44.7. The summed E-state index contributed by atoms with van der Waals surface area (Å²) in [5, 5.41) is 94.6. The fraction of sp³-hybridized carbons (Fsp3) is 0.425. The molecule has 1 saturated heterocycles. The summed E-state index contributed by atoms with van der Waals surface area (Å²) in [7, 11) is 6.06. The van der Waals surface area contributed by atoms with Crippen LogP contribution in [0.15, 0.2) is 139 Å². The molecule has 2 atom stereocenters. The zero-order valence-corrected chi connectivity index (χ0v) is 78.6. The third-order valence-corrected chi connectivity index (χ3v) is 23.9. The van der Waals surface area contributed by atoms with Crippen molar-refractivity contribution in [3.05, 3.63) is 238 Å². The summed E-state index contributed by atoms with van der Waals surface area (Å²) in [6.07, 6.45) is -4.17. The molecule has 51 heteroatoms. The van der Waals surface area contributed by atoms with E-state index in [1.54, 1.807) is 101 Å². The van der Waals surface area contributed by atoms with Gasteiger partial charge in [0.15, 0.2) is 27.9 Å². The van der Waals surface area contributed by atoms with Crippen LogP contribution in [0.25, 0.3) is 0 Å². The number of aliphatic hydroxyl groups is 1. The predicted octanol–water partition coefficient (Wildman–Crippen LogP) is 20.1. The molecule has 9 rings (SSSR count). The number of carbonyl (C=O) groups excluding carboxylic acids is 2. The van der Waals surface area contributed by atoms with Crippen molar-refractivity contribution < 1.29 is 103 Å². The van der Waals surface area contributed by atoms with Crippen molar-refractivity contribution in [1.29, 1.82) is 0 Å². The summed E-state index contributed by atoms with van der Waals surface area (Å²) in [6, 6.07) is 26.0. The molecule has 0 radical (unpaired) electrons. The molecular weight excluding hydrogens is 1870 g/mol. The number of hydrogen-bond acceptors (Lipinski definition) is 29. The van der Waals surface area contributed by atoms with Gasteiger partial charge >= 0.3 is 29.8 Å². The summed E-state index contributed by atoms with van der Waals surface area (Å²) in [4.78, 5) is 95.1. The second-order valence-corrected chi connectivity index (χ2v) is 36.1. The van der Waals surface area contributed by atoms with Gasteiger partial charge in [0.1, 0.15) is 46.3 Å². The Morgan fingerprint density at radius 2 is 1.27 bits per heavy atom. The van der Waals surface area contributed by atoms with Gasteiger partial charge in [-0.25, -0.2) is 29.6 Å². The van der Waals surface area contributed by atoms with E-state index in [1.165, 1.54) is 79.2 Å². The van der Waals surface area contributed by atoms with Crippen molar-refractivity contribution in [2.75, 3.05) is 77.1 Å². The number of benzene rings is 6. The van der Waals surface area contributed by atoms with Gasteiger partial charge in [-0.3, -0.25) is 55.4 Å². The van der Waals surface area contributed by atoms with Crippen LogP contribution in [-0.4, -0.2) is 162 Å². The molecule has 39 nitrogen and oxygen atoms in total. The number of guanidine groups is 1. The maximum atomic E-state index is 12.8. The molecule has 3 heterocycles. The Morgan fingerprint density at radius 3 is 1.73 bits per heavy atom. The summed E-state index contributed by atoms with van der Waals surface area (Å²) in [5.74, 6) is 2.19. The number of rotatable bonds is 33. The minimum absolute atomic E-state index is 0.0109. The van der Waals surface area contributed by atoms with Crippen LogP contribution in [0.3, 0.4) is 0 Å². The summed E-state index contributed by atoms with van der Waals surface area (Å²) in [5.41, 5.74) is -5.89. The number of ether oxygens (including phenoxy) is 5. The van der Waals surface area contributed by atoms with Crippen molar-refractivity contribution in [1.82, 2.24) is 40.6 Å². The molecule has 131 heavy (non-hydrogen) atoms. The quantitative estimate of drug-likeness (QED) is 0.00838. The predicted molar refractivity (Wildman–Crippen MR) is 486 cm³/mol. The number of aryl methyl sites for hydroxylation is 1. The Morgan fingerprint density at radius 1 is 0.702 bits per heavy atom. The smallest absolute Gasteiger partial charge is 0.416 e. The number of carbonyl (C=O) groups is 2. The summed E-state index contributed by atoms with van der Waals surface area (Å²) in [6.45, 7) is 24.5. The van der Waals surface area contributed by atoms with Gasteiger partial charge in [-0.2, -0.15) is 31.4 Å². The van der Waals surface area contributed by atoms with Gasteiger partial charge < -0.3 is 68.9 Å². The van der Waals surface area contributed by atoms with E-state index in [9.17, 15) is 102 Å². The summed E-state index contributed by atoms with van der Waals surface area (Å²) >= 11 is 23.6. The van der Waals surface area contributed by atoms with Crippen LogP contribution in [0.4, 0.5) is 70.9 Å². The van der Waals surface area contributed by atoms with Crippen LogP contribution >= 0.6 is 51.9 Å². The average Bonchev–Trinajstić information content (AvgIpc) is 1.21. The molecule has 0 spiro atoms. The van der Waals surface area contributed by atoms with Gasteiger partial charge in [-0.1, -0.05) is 113 Å². The lowest BCUT2D eigenvalue weighted by atomic mass is 9.88. The third-order valence-electron chi connectivity index (χ3n) is 17.4. The van der Waals surface area contributed by atoms with Crippen molar-refractivity contribution >= 4 is 121 Å². The fourth-order valence-electron chi connectivity index (χ4n) is 10.9. The van der Waals surface area contributed by atoms with E-state index in [1.807, 2.05) is 60.6 Å². The van der Waals surface area contributed by atoms with Crippen LogP contribution < -0.4 is 49.9 Å². The maximum absolute atomic E-state index is 12.8.